The number of carboxylic acid groups (broad SMARTS) is 1. The smallest absolute Gasteiger partial charge is 0.335 e. The molecule has 4 nitrogen and oxygen atoms in total. The maximum absolute atomic E-state index is 11.0. The molecule has 1 heterocycles. The Labute approximate surface area is 127 Å². The summed E-state index contributed by atoms with van der Waals surface area (Å²) in [6.45, 7) is 8.52. The molecule has 0 bridgehead atoms. The van der Waals surface area contributed by atoms with Crippen LogP contribution in [0.4, 0.5) is 0 Å². The second kappa shape index (κ2) is 7.05. The van der Waals surface area contributed by atoms with Crippen LogP contribution in [0.25, 0.3) is 0 Å². The van der Waals surface area contributed by atoms with Crippen molar-refractivity contribution < 1.29 is 9.90 Å². The van der Waals surface area contributed by atoms with E-state index in [1.165, 1.54) is 24.9 Å². The summed E-state index contributed by atoms with van der Waals surface area (Å²) in [4.78, 5) is 15.9. The summed E-state index contributed by atoms with van der Waals surface area (Å²) in [7, 11) is 2.15. The predicted octanol–water partition coefficient (Wildman–Crippen LogP) is 2.61. The lowest BCUT2D eigenvalue weighted by molar-refractivity contribution is 0.0696. The topological polar surface area (TPSA) is 43.8 Å². The number of rotatable bonds is 6. The number of aromatic carboxylic acids is 1. The van der Waals surface area contributed by atoms with Crippen LogP contribution in [0, 0.1) is 6.92 Å². The molecule has 4 heteroatoms. The number of carboxylic acids is 1. The highest BCUT2D eigenvalue weighted by Gasteiger charge is 2.24. The van der Waals surface area contributed by atoms with Crippen LogP contribution in [-0.4, -0.2) is 53.6 Å². The molecule has 1 atom stereocenters. The summed E-state index contributed by atoms with van der Waals surface area (Å²) in [6.07, 6.45) is 2.59. The number of nitrogens with zero attached hydrogens (tertiary/aromatic N) is 2. The van der Waals surface area contributed by atoms with Crippen LogP contribution in [0.2, 0.25) is 0 Å². The first-order valence-corrected chi connectivity index (χ1v) is 7.76. The molecule has 0 aromatic heterocycles. The lowest BCUT2D eigenvalue weighted by Gasteiger charge is -2.28. The number of aryl methyl sites for hydroxylation is 1. The second-order valence-electron chi connectivity index (χ2n) is 6.07. The van der Waals surface area contributed by atoms with Gasteiger partial charge in [0, 0.05) is 19.1 Å². The standard InChI is InChI=1S/C17H26N2O2/c1-4-19-9-5-6-16(19)12-18(3)11-15-8-7-14(17(20)21)10-13(15)2/h7-8,10,16H,4-6,9,11-12H2,1-3H3,(H,20,21). The Morgan fingerprint density at radius 3 is 2.86 bits per heavy atom. The van der Waals surface area contributed by atoms with Crippen molar-refractivity contribution in [1.29, 1.82) is 0 Å². The molecular weight excluding hydrogens is 264 g/mol. The quantitative estimate of drug-likeness (QED) is 0.874. The molecule has 1 aromatic rings. The number of carbonyl (C=O) groups is 1. The van der Waals surface area contributed by atoms with Gasteiger partial charge in [-0.25, -0.2) is 4.79 Å². The fraction of sp³-hybridized carbons (Fsp3) is 0.588. The van der Waals surface area contributed by atoms with Gasteiger partial charge in [-0.15, -0.1) is 0 Å². The molecule has 0 aliphatic carbocycles. The number of likely N-dealkylation sites (tertiary alicyclic amines) is 1. The molecule has 1 aliphatic heterocycles. The molecule has 0 amide bonds. The van der Waals surface area contributed by atoms with Gasteiger partial charge in [0.2, 0.25) is 0 Å². The number of likely N-dealkylation sites (N-methyl/N-ethyl adjacent to an activating group) is 2. The Hall–Kier alpha value is -1.39. The Balaban J connectivity index is 1.96. The molecular formula is C17H26N2O2. The largest absolute Gasteiger partial charge is 0.478 e. The third-order valence-electron chi connectivity index (χ3n) is 4.46. The van der Waals surface area contributed by atoms with Gasteiger partial charge in [0.15, 0.2) is 0 Å². The van der Waals surface area contributed by atoms with Crippen molar-refractivity contribution in [2.24, 2.45) is 0 Å². The van der Waals surface area contributed by atoms with Crippen LogP contribution in [-0.2, 0) is 6.54 Å². The lowest BCUT2D eigenvalue weighted by atomic mass is 10.0. The number of benzene rings is 1. The molecule has 1 aliphatic rings. The van der Waals surface area contributed by atoms with Crippen molar-refractivity contribution in [3.05, 3.63) is 34.9 Å². The summed E-state index contributed by atoms with van der Waals surface area (Å²) in [5.41, 5.74) is 2.64. The van der Waals surface area contributed by atoms with E-state index in [1.807, 2.05) is 13.0 Å². The Kier molecular flexibility index (Phi) is 5.37. The molecule has 1 aromatic carbocycles. The van der Waals surface area contributed by atoms with Crippen LogP contribution in [0.1, 0.15) is 41.3 Å². The molecule has 1 saturated heterocycles. The fourth-order valence-corrected chi connectivity index (χ4v) is 3.24. The van der Waals surface area contributed by atoms with Crippen molar-refractivity contribution >= 4 is 5.97 Å². The van der Waals surface area contributed by atoms with Gasteiger partial charge < -0.3 is 10.0 Å². The highest BCUT2D eigenvalue weighted by molar-refractivity contribution is 5.87. The summed E-state index contributed by atoms with van der Waals surface area (Å²) in [6, 6.07) is 6.08. The van der Waals surface area contributed by atoms with Crippen LogP contribution in [0.5, 0.6) is 0 Å². The summed E-state index contributed by atoms with van der Waals surface area (Å²) in [5, 5.41) is 9.01. The molecule has 0 radical (unpaired) electrons. The van der Waals surface area contributed by atoms with Gasteiger partial charge in [-0.1, -0.05) is 13.0 Å². The highest BCUT2D eigenvalue weighted by atomic mass is 16.4. The lowest BCUT2D eigenvalue weighted by Crippen LogP contribution is -2.38. The maximum Gasteiger partial charge on any atom is 0.335 e. The molecule has 0 spiro atoms. The zero-order valence-electron chi connectivity index (χ0n) is 13.3. The minimum atomic E-state index is -0.859. The third kappa shape index (κ3) is 4.05. The number of hydrogen-bond donors (Lipinski definition) is 1. The van der Waals surface area contributed by atoms with E-state index >= 15 is 0 Å². The van der Waals surface area contributed by atoms with Gasteiger partial charge in [0.25, 0.3) is 0 Å². The predicted molar refractivity (Wildman–Crippen MR) is 84.7 cm³/mol. The average molecular weight is 290 g/mol. The van der Waals surface area contributed by atoms with Crippen molar-refractivity contribution in [2.45, 2.75) is 39.3 Å². The van der Waals surface area contributed by atoms with Crippen LogP contribution in [0.15, 0.2) is 18.2 Å². The molecule has 116 valence electrons. The van der Waals surface area contributed by atoms with Crippen molar-refractivity contribution in [3.63, 3.8) is 0 Å². The SMILES string of the molecule is CCN1CCCC1CN(C)Cc1ccc(C(=O)O)cc1C. The zero-order chi connectivity index (χ0) is 15.4. The molecule has 1 fully saturated rings. The molecule has 21 heavy (non-hydrogen) atoms. The normalized spacial score (nSPS) is 19.3. The first-order chi connectivity index (χ1) is 10.0. The van der Waals surface area contributed by atoms with Gasteiger partial charge in [0.1, 0.15) is 0 Å². The van der Waals surface area contributed by atoms with E-state index in [0.717, 1.165) is 25.2 Å². The van der Waals surface area contributed by atoms with E-state index in [9.17, 15) is 4.79 Å². The van der Waals surface area contributed by atoms with Crippen molar-refractivity contribution in [2.75, 3.05) is 26.7 Å². The number of hydrogen-bond acceptors (Lipinski definition) is 3. The Morgan fingerprint density at radius 2 is 2.24 bits per heavy atom. The van der Waals surface area contributed by atoms with Gasteiger partial charge in [-0.2, -0.15) is 0 Å². The maximum atomic E-state index is 11.0. The highest BCUT2D eigenvalue weighted by Crippen LogP contribution is 2.19. The van der Waals surface area contributed by atoms with Crippen LogP contribution < -0.4 is 0 Å². The molecule has 1 N–H and O–H groups in total. The first-order valence-electron chi connectivity index (χ1n) is 7.76. The van der Waals surface area contributed by atoms with Crippen LogP contribution >= 0.6 is 0 Å². The summed E-state index contributed by atoms with van der Waals surface area (Å²) in [5.74, 6) is -0.859. The van der Waals surface area contributed by atoms with E-state index in [1.54, 1.807) is 12.1 Å². The van der Waals surface area contributed by atoms with E-state index in [4.69, 9.17) is 5.11 Å². The zero-order valence-corrected chi connectivity index (χ0v) is 13.3. The van der Waals surface area contributed by atoms with E-state index < -0.39 is 5.97 Å². The van der Waals surface area contributed by atoms with Crippen molar-refractivity contribution in [1.82, 2.24) is 9.80 Å². The van der Waals surface area contributed by atoms with Crippen LogP contribution in [0.3, 0.4) is 0 Å². The molecule has 1 unspecified atom stereocenters. The van der Waals surface area contributed by atoms with Gasteiger partial charge in [0.05, 0.1) is 5.56 Å². The minimum absolute atomic E-state index is 0.367. The molecule has 2 rings (SSSR count). The van der Waals surface area contributed by atoms with E-state index in [-0.39, 0.29) is 0 Å². The Bertz CT molecular complexity index is 502. The Morgan fingerprint density at radius 1 is 1.48 bits per heavy atom. The molecule has 0 saturated carbocycles. The van der Waals surface area contributed by atoms with Gasteiger partial charge >= 0.3 is 5.97 Å². The van der Waals surface area contributed by atoms with Gasteiger partial charge in [-0.3, -0.25) is 4.90 Å². The van der Waals surface area contributed by atoms with E-state index in [2.05, 4.69) is 23.8 Å². The summed E-state index contributed by atoms with van der Waals surface area (Å²) < 4.78 is 0. The fourth-order valence-electron chi connectivity index (χ4n) is 3.24. The van der Waals surface area contributed by atoms with Gasteiger partial charge in [-0.05, 0) is 63.2 Å². The summed E-state index contributed by atoms with van der Waals surface area (Å²) >= 11 is 0. The van der Waals surface area contributed by atoms with E-state index in [0.29, 0.717) is 11.6 Å². The minimum Gasteiger partial charge on any atom is -0.478 e. The second-order valence-corrected chi connectivity index (χ2v) is 6.07. The monoisotopic (exact) mass is 290 g/mol. The third-order valence-corrected chi connectivity index (χ3v) is 4.46. The van der Waals surface area contributed by atoms with Crippen molar-refractivity contribution in [3.8, 4) is 0 Å². The average Bonchev–Trinajstić information content (AvgIpc) is 2.87. The first kappa shape index (κ1) is 16.0.